The number of ether oxygens (including phenoxy) is 1. The molecule has 160 valence electrons. The van der Waals surface area contributed by atoms with Gasteiger partial charge in [-0.25, -0.2) is 17.8 Å². The van der Waals surface area contributed by atoms with Crippen molar-refractivity contribution in [2.24, 2.45) is 5.73 Å². The molecule has 0 radical (unpaired) electrons. The van der Waals surface area contributed by atoms with Gasteiger partial charge in [0.05, 0.1) is 12.0 Å². The van der Waals surface area contributed by atoms with Crippen LogP contribution in [-0.2, 0) is 16.3 Å². The number of benzene rings is 2. The zero-order valence-corrected chi connectivity index (χ0v) is 18.2. The molecule has 2 aromatic carbocycles. The lowest BCUT2D eigenvalue weighted by Gasteiger charge is -2.24. The lowest BCUT2D eigenvalue weighted by Crippen LogP contribution is -2.45. The fourth-order valence-electron chi connectivity index (χ4n) is 2.86. The van der Waals surface area contributed by atoms with Gasteiger partial charge in [-0.3, -0.25) is 0 Å². The number of nitrogens with zero attached hydrogens (tertiary/aromatic N) is 2. The molecular weight excluding hydrogens is 427 g/mol. The number of rotatable bonds is 9. The van der Waals surface area contributed by atoms with Crippen LogP contribution >= 0.6 is 11.5 Å². The van der Waals surface area contributed by atoms with E-state index in [0.717, 1.165) is 11.5 Å². The van der Waals surface area contributed by atoms with Gasteiger partial charge in [0.15, 0.2) is 5.37 Å². The van der Waals surface area contributed by atoms with Crippen molar-refractivity contribution >= 4 is 26.5 Å². The molecule has 0 fully saturated rings. The average molecular weight is 451 g/mol. The van der Waals surface area contributed by atoms with E-state index in [1.165, 1.54) is 25.3 Å². The third kappa shape index (κ3) is 4.94. The normalized spacial score (nSPS) is 13.6. The highest BCUT2D eigenvalue weighted by Gasteiger charge is 2.33. The summed E-state index contributed by atoms with van der Waals surface area (Å²) in [4.78, 5) is 4.45. The fourth-order valence-corrected chi connectivity index (χ4v) is 5.28. The molecule has 0 aliphatic heterocycles. The van der Waals surface area contributed by atoms with Gasteiger partial charge in [-0.1, -0.05) is 25.1 Å². The van der Waals surface area contributed by atoms with Crippen LogP contribution < -0.4 is 15.8 Å². The Kier molecular flexibility index (Phi) is 7.01. The lowest BCUT2D eigenvalue weighted by atomic mass is 10.1. The first-order valence-electron chi connectivity index (χ1n) is 9.31. The number of anilines is 1. The molecule has 1 heterocycles. The fraction of sp³-hybridized carbons (Fsp3) is 0.300. The number of hydrogen-bond donors (Lipinski definition) is 2. The number of halogens is 1. The number of methoxy groups -OCH3 is 1. The van der Waals surface area contributed by atoms with Crippen LogP contribution in [0, 0.1) is 5.82 Å². The predicted molar refractivity (Wildman–Crippen MR) is 115 cm³/mol. The summed E-state index contributed by atoms with van der Waals surface area (Å²) in [6.07, 6.45) is 0.647. The van der Waals surface area contributed by atoms with Crippen LogP contribution in [0.1, 0.15) is 24.7 Å². The summed E-state index contributed by atoms with van der Waals surface area (Å²) >= 11 is 1.01. The minimum absolute atomic E-state index is 0.126. The second-order valence-electron chi connectivity index (χ2n) is 6.64. The summed E-state index contributed by atoms with van der Waals surface area (Å²) < 4.78 is 49.6. The van der Waals surface area contributed by atoms with Gasteiger partial charge < -0.3 is 15.8 Å². The maximum absolute atomic E-state index is 13.9. The molecule has 0 bridgehead atoms. The van der Waals surface area contributed by atoms with Crippen molar-refractivity contribution in [1.82, 2.24) is 9.36 Å². The molecule has 0 saturated carbocycles. The van der Waals surface area contributed by atoms with E-state index >= 15 is 0 Å². The van der Waals surface area contributed by atoms with Gasteiger partial charge in [0.2, 0.25) is 15.0 Å². The van der Waals surface area contributed by atoms with E-state index in [9.17, 15) is 12.8 Å². The third-order valence-electron chi connectivity index (χ3n) is 4.62. The molecule has 1 aromatic heterocycles. The first-order chi connectivity index (χ1) is 14.3. The summed E-state index contributed by atoms with van der Waals surface area (Å²) in [5.74, 6) is 0.619. The Labute approximate surface area is 179 Å². The molecule has 2 atom stereocenters. The lowest BCUT2D eigenvalue weighted by molar-refractivity contribution is 0.414. The predicted octanol–water partition coefficient (Wildman–Crippen LogP) is 3.23. The van der Waals surface area contributed by atoms with E-state index in [1.807, 2.05) is 6.92 Å². The van der Waals surface area contributed by atoms with Crippen molar-refractivity contribution in [2.45, 2.75) is 36.1 Å². The number of hydrogen-bond acceptors (Lipinski definition) is 8. The van der Waals surface area contributed by atoms with Crippen LogP contribution in [0.4, 0.5) is 9.52 Å². The number of nitrogens with two attached hydrogens (primary N) is 1. The zero-order valence-electron chi connectivity index (χ0n) is 16.6. The molecule has 2 unspecified atom stereocenters. The second-order valence-corrected chi connectivity index (χ2v) is 9.46. The Balaban J connectivity index is 1.83. The van der Waals surface area contributed by atoms with Gasteiger partial charge in [0.25, 0.3) is 0 Å². The van der Waals surface area contributed by atoms with Crippen molar-refractivity contribution < 1.29 is 17.5 Å². The van der Waals surface area contributed by atoms with Crippen molar-refractivity contribution in [2.75, 3.05) is 12.4 Å². The molecule has 3 rings (SSSR count). The SMILES string of the molecule is CCC(N)C(Nc1nc(Cc2ccccc2F)ns1)S(=O)(=O)c1ccc(OC)cc1. The molecule has 0 amide bonds. The Hall–Kier alpha value is -2.56. The minimum Gasteiger partial charge on any atom is -0.497 e. The van der Waals surface area contributed by atoms with Crippen LogP contribution in [0.2, 0.25) is 0 Å². The zero-order chi connectivity index (χ0) is 21.7. The van der Waals surface area contributed by atoms with Crippen LogP contribution in [0.3, 0.4) is 0 Å². The molecule has 3 N–H and O–H groups in total. The summed E-state index contributed by atoms with van der Waals surface area (Å²) in [5.41, 5.74) is 6.60. The summed E-state index contributed by atoms with van der Waals surface area (Å²) in [6.45, 7) is 1.81. The van der Waals surface area contributed by atoms with E-state index in [0.29, 0.717) is 28.7 Å². The maximum Gasteiger partial charge on any atom is 0.203 e. The van der Waals surface area contributed by atoms with Crippen molar-refractivity contribution in [3.8, 4) is 5.75 Å². The van der Waals surface area contributed by atoms with E-state index in [-0.39, 0.29) is 17.1 Å². The third-order valence-corrected chi connectivity index (χ3v) is 7.37. The summed E-state index contributed by atoms with van der Waals surface area (Å²) in [6, 6.07) is 11.8. The van der Waals surface area contributed by atoms with Gasteiger partial charge in [0, 0.05) is 24.0 Å². The smallest absolute Gasteiger partial charge is 0.203 e. The minimum atomic E-state index is -3.80. The molecule has 0 saturated heterocycles. The Morgan fingerprint density at radius 2 is 1.90 bits per heavy atom. The van der Waals surface area contributed by atoms with Crippen LogP contribution in [0.5, 0.6) is 5.75 Å². The highest BCUT2D eigenvalue weighted by molar-refractivity contribution is 7.92. The van der Waals surface area contributed by atoms with Gasteiger partial charge in [-0.05, 0) is 42.3 Å². The van der Waals surface area contributed by atoms with Crippen LogP contribution in [0.25, 0.3) is 0 Å². The monoisotopic (exact) mass is 450 g/mol. The Bertz CT molecular complexity index is 1090. The standard InChI is InChI=1S/C20H23FN4O3S2/c1-3-17(22)19(30(26,27)15-10-8-14(28-2)9-11-15)24-20-23-18(25-29-20)12-13-6-4-5-7-16(13)21/h4-11,17,19H,3,12,22H2,1-2H3,(H,23,24,25). The summed E-state index contributed by atoms with van der Waals surface area (Å²) in [5, 5.41) is 2.14. The first-order valence-corrected chi connectivity index (χ1v) is 11.6. The van der Waals surface area contributed by atoms with E-state index < -0.39 is 21.3 Å². The quantitative estimate of drug-likeness (QED) is 0.515. The van der Waals surface area contributed by atoms with Crippen molar-refractivity contribution in [1.29, 1.82) is 0 Å². The highest BCUT2D eigenvalue weighted by atomic mass is 32.2. The average Bonchev–Trinajstić information content (AvgIpc) is 3.20. The highest BCUT2D eigenvalue weighted by Crippen LogP contribution is 2.25. The maximum atomic E-state index is 13.9. The van der Waals surface area contributed by atoms with Gasteiger partial charge >= 0.3 is 0 Å². The van der Waals surface area contributed by atoms with Gasteiger partial charge in [-0.15, -0.1) is 0 Å². The molecule has 30 heavy (non-hydrogen) atoms. The molecule has 3 aromatic rings. The van der Waals surface area contributed by atoms with E-state index in [4.69, 9.17) is 10.5 Å². The molecule has 0 spiro atoms. The molecular formula is C20H23FN4O3S2. The van der Waals surface area contributed by atoms with Gasteiger partial charge in [-0.2, -0.15) is 4.37 Å². The number of nitrogens with one attached hydrogen (secondary N) is 1. The Morgan fingerprint density at radius 1 is 1.20 bits per heavy atom. The van der Waals surface area contributed by atoms with E-state index in [2.05, 4.69) is 14.7 Å². The van der Waals surface area contributed by atoms with Crippen molar-refractivity contribution in [3.63, 3.8) is 0 Å². The number of aromatic nitrogens is 2. The first kappa shape index (κ1) is 22.1. The molecule has 10 heteroatoms. The van der Waals surface area contributed by atoms with Crippen LogP contribution in [0.15, 0.2) is 53.4 Å². The van der Waals surface area contributed by atoms with Crippen LogP contribution in [-0.4, -0.2) is 36.3 Å². The topological polar surface area (TPSA) is 107 Å². The molecule has 0 aliphatic carbocycles. The summed E-state index contributed by atoms with van der Waals surface area (Å²) in [7, 11) is -2.30. The molecule has 7 nitrogen and oxygen atoms in total. The second kappa shape index (κ2) is 9.50. The van der Waals surface area contributed by atoms with Crippen molar-refractivity contribution in [3.05, 3.63) is 65.7 Å². The number of sulfone groups is 1. The Morgan fingerprint density at radius 3 is 2.53 bits per heavy atom. The van der Waals surface area contributed by atoms with E-state index in [1.54, 1.807) is 30.3 Å². The molecule has 0 aliphatic rings. The van der Waals surface area contributed by atoms with Gasteiger partial charge in [0.1, 0.15) is 17.4 Å². The largest absolute Gasteiger partial charge is 0.497 e.